The van der Waals surface area contributed by atoms with Crippen molar-refractivity contribution in [2.45, 2.75) is 25.9 Å². The summed E-state index contributed by atoms with van der Waals surface area (Å²) in [7, 11) is 0. The number of aromatic nitrogens is 2. The minimum Gasteiger partial charge on any atom is -0.330 e. The lowest BCUT2D eigenvalue weighted by Gasteiger charge is -2.14. The largest absolute Gasteiger partial charge is 0.330 e. The van der Waals surface area contributed by atoms with Crippen LogP contribution in [0.2, 0.25) is 0 Å². The van der Waals surface area contributed by atoms with E-state index in [9.17, 15) is 4.39 Å². The first-order valence-electron chi connectivity index (χ1n) is 7.74. The second-order valence-electron chi connectivity index (χ2n) is 5.72. The van der Waals surface area contributed by atoms with Gasteiger partial charge in [0.2, 0.25) is 0 Å². The number of hydrogen-bond donors (Lipinski definition) is 1. The van der Waals surface area contributed by atoms with Crippen molar-refractivity contribution in [3.63, 3.8) is 0 Å². The van der Waals surface area contributed by atoms with Gasteiger partial charge in [-0.25, -0.2) is 9.37 Å². The summed E-state index contributed by atoms with van der Waals surface area (Å²) in [5.41, 5.74) is 10.5. The second-order valence-corrected chi connectivity index (χ2v) is 5.72. The Balaban J connectivity index is 1.84. The lowest BCUT2D eigenvalue weighted by molar-refractivity contribution is 0.625. The average Bonchev–Trinajstić information content (AvgIpc) is 3.02. The van der Waals surface area contributed by atoms with Gasteiger partial charge in [0.05, 0.1) is 18.2 Å². The van der Waals surface area contributed by atoms with E-state index in [1.165, 1.54) is 12.1 Å². The van der Waals surface area contributed by atoms with E-state index in [4.69, 9.17) is 5.73 Å². The van der Waals surface area contributed by atoms with Gasteiger partial charge in [-0.15, -0.1) is 0 Å². The second kappa shape index (κ2) is 6.75. The number of hydrogen-bond acceptors (Lipinski definition) is 2. The normalized spacial score (nSPS) is 12.3. The zero-order valence-corrected chi connectivity index (χ0v) is 13.1. The Bertz CT molecular complexity index is 775. The Morgan fingerprint density at radius 2 is 1.87 bits per heavy atom. The minimum atomic E-state index is -0.206. The zero-order chi connectivity index (χ0) is 16.2. The van der Waals surface area contributed by atoms with Gasteiger partial charge in [0.25, 0.3) is 0 Å². The summed E-state index contributed by atoms with van der Waals surface area (Å²) < 4.78 is 15.1. The summed E-state index contributed by atoms with van der Waals surface area (Å²) in [5, 5.41) is 0. The molecule has 0 bridgehead atoms. The fourth-order valence-electron chi connectivity index (χ4n) is 2.75. The van der Waals surface area contributed by atoms with E-state index in [1.54, 1.807) is 0 Å². The summed E-state index contributed by atoms with van der Waals surface area (Å²) >= 11 is 0. The Morgan fingerprint density at radius 1 is 1.13 bits per heavy atom. The molecule has 1 aromatic heterocycles. The number of benzene rings is 2. The van der Waals surface area contributed by atoms with E-state index < -0.39 is 0 Å². The molecule has 2 N–H and O–H groups in total. The molecule has 0 radical (unpaired) electrons. The third-order valence-electron chi connectivity index (χ3n) is 3.99. The van der Waals surface area contributed by atoms with Crippen LogP contribution in [0.3, 0.4) is 0 Å². The molecule has 3 rings (SSSR count). The van der Waals surface area contributed by atoms with Crippen molar-refractivity contribution >= 4 is 0 Å². The quantitative estimate of drug-likeness (QED) is 0.775. The Labute approximate surface area is 135 Å². The Morgan fingerprint density at radius 3 is 2.61 bits per heavy atom. The van der Waals surface area contributed by atoms with Gasteiger partial charge in [0.1, 0.15) is 5.82 Å². The van der Waals surface area contributed by atoms with Crippen molar-refractivity contribution in [3.05, 3.63) is 78.0 Å². The van der Waals surface area contributed by atoms with Crippen molar-refractivity contribution < 1.29 is 4.39 Å². The number of halogens is 1. The molecule has 0 unspecified atom stereocenters. The monoisotopic (exact) mass is 309 g/mol. The van der Waals surface area contributed by atoms with Gasteiger partial charge in [-0.3, -0.25) is 0 Å². The first-order valence-corrected chi connectivity index (χ1v) is 7.74. The molecule has 4 heteroatoms. The first kappa shape index (κ1) is 15.4. The number of rotatable bonds is 5. The van der Waals surface area contributed by atoms with Crippen LogP contribution in [0, 0.1) is 5.82 Å². The number of imidazole rings is 1. The molecule has 0 saturated heterocycles. The summed E-state index contributed by atoms with van der Waals surface area (Å²) in [6, 6.07) is 14.7. The van der Waals surface area contributed by atoms with E-state index in [0.717, 1.165) is 35.3 Å². The van der Waals surface area contributed by atoms with Gasteiger partial charge < -0.3 is 10.3 Å². The lowest BCUT2D eigenvalue weighted by Crippen LogP contribution is -2.08. The predicted molar refractivity (Wildman–Crippen MR) is 90.4 cm³/mol. The SMILES string of the molecule is C[C@@H](N)c1ccccc1-c1cncn1CCc1ccc(F)cc1. The maximum absolute atomic E-state index is 13.0. The van der Waals surface area contributed by atoms with Gasteiger partial charge in [-0.2, -0.15) is 0 Å². The standard InChI is InChI=1S/C19H20FN3/c1-14(21)17-4-2-3-5-18(17)19-12-22-13-23(19)11-10-15-6-8-16(20)9-7-15/h2-9,12-14H,10-11,21H2,1H3/t14-/m1/s1. The third kappa shape index (κ3) is 3.48. The van der Waals surface area contributed by atoms with Crippen LogP contribution < -0.4 is 5.73 Å². The van der Waals surface area contributed by atoms with Crippen molar-refractivity contribution in [2.24, 2.45) is 5.73 Å². The summed E-state index contributed by atoms with van der Waals surface area (Å²) in [6.07, 6.45) is 4.52. The fourth-order valence-corrected chi connectivity index (χ4v) is 2.75. The van der Waals surface area contributed by atoms with Crippen LogP contribution in [0.1, 0.15) is 24.1 Å². The maximum atomic E-state index is 13.0. The van der Waals surface area contributed by atoms with Crippen molar-refractivity contribution in [1.82, 2.24) is 9.55 Å². The highest BCUT2D eigenvalue weighted by molar-refractivity contribution is 5.64. The molecule has 0 aliphatic rings. The van der Waals surface area contributed by atoms with E-state index in [0.29, 0.717) is 0 Å². The third-order valence-corrected chi connectivity index (χ3v) is 3.99. The molecular weight excluding hydrogens is 289 g/mol. The number of aryl methyl sites for hydroxylation is 2. The molecular formula is C19H20FN3. The van der Waals surface area contributed by atoms with Crippen LogP contribution in [0.4, 0.5) is 4.39 Å². The van der Waals surface area contributed by atoms with Gasteiger partial charge in [-0.05, 0) is 36.6 Å². The number of nitrogens with two attached hydrogens (primary N) is 1. The van der Waals surface area contributed by atoms with E-state index >= 15 is 0 Å². The van der Waals surface area contributed by atoms with Gasteiger partial charge >= 0.3 is 0 Å². The van der Waals surface area contributed by atoms with Crippen LogP contribution in [0.25, 0.3) is 11.3 Å². The molecule has 118 valence electrons. The molecule has 23 heavy (non-hydrogen) atoms. The molecule has 3 aromatic rings. The van der Waals surface area contributed by atoms with E-state index in [2.05, 4.69) is 21.7 Å². The fraction of sp³-hybridized carbons (Fsp3) is 0.211. The van der Waals surface area contributed by atoms with Crippen LogP contribution in [0.5, 0.6) is 0 Å². The summed E-state index contributed by atoms with van der Waals surface area (Å²) in [4.78, 5) is 4.29. The van der Waals surface area contributed by atoms with Gasteiger partial charge in [-0.1, -0.05) is 36.4 Å². The molecule has 0 amide bonds. The zero-order valence-electron chi connectivity index (χ0n) is 13.1. The highest BCUT2D eigenvalue weighted by atomic mass is 19.1. The van der Waals surface area contributed by atoms with E-state index in [-0.39, 0.29) is 11.9 Å². The van der Waals surface area contributed by atoms with Crippen LogP contribution in [-0.2, 0) is 13.0 Å². The molecule has 0 saturated carbocycles. The minimum absolute atomic E-state index is 0.0355. The van der Waals surface area contributed by atoms with Gasteiger partial charge in [0.15, 0.2) is 0 Å². The molecule has 0 aliphatic heterocycles. The smallest absolute Gasteiger partial charge is 0.123 e. The van der Waals surface area contributed by atoms with Crippen LogP contribution in [0.15, 0.2) is 61.1 Å². The maximum Gasteiger partial charge on any atom is 0.123 e. The Hall–Kier alpha value is -2.46. The van der Waals surface area contributed by atoms with Crippen LogP contribution in [-0.4, -0.2) is 9.55 Å². The molecule has 3 nitrogen and oxygen atoms in total. The summed E-state index contributed by atoms with van der Waals surface area (Å²) in [5.74, 6) is -0.206. The summed E-state index contributed by atoms with van der Waals surface area (Å²) in [6.45, 7) is 2.77. The highest BCUT2D eigenvalue weighted by Crippen LogP contribution is 2.27. The molecule has 1 heterocycles. The predicted octanol–water partition coefficient (Wildman–Crippen LogP) is 3.95. The Kier molecular flexibility index (Phi) is 4.53. The molecule has 0 aliphatic carbocycles. The topological polar surface area (TPSA) is 43.8 Å². The van der Waals surface area contributed by atoms with Crippen molar-refractivity contribution in [1.29, 1.82) is 0 Å². The molecule has 0 fully saturated rings. The van der Waals surface area contributed by atoms with Crippen molar-refractivity contribution in [3.8, 4) is 11.3 Å². The van der Waals surface area contributed by atoms with Gasteiger partial charge in [0, 0.05) is 18.2 Å². The molecule has 1 atom stereocenters. The molecule has 2 aromatic carbocycles. The molecule has 0 spiro atoms. The average molecular weight is 309 g/mol. The lowest BCUT2D eigenvalue weighted by atomic mass is 10.00. The number of nitrogens with zero attached hydrogens (tertiary/aromatic N) is 2. The van der Waals surface area contributed by atoms with Crippen molar-refractivity contribution in [2.75, 3.05) is 0 Å². The van der Waals surface area contributed by atoms with Crippen LogP contribution >= 0.6 is 0 Å². The highest BCUT2D eigenvalue weighted by Gasteiger charge is 2.12. The first-order chi connectivity index (χ1) is 11.1. The van der Waals surface area contributed by atoms with E-state index in [1.807, 2.05) is 43.7 Å².